The van der Waals surface area contributed by atoms with Crippen LogP contribution in [0.4, 0.5) is 0 Å². The lowest BCUT2D eigenvalue weighted by Gasteiger charge is -2.18. The van der Waals surface area contributed by atoms with Crippen molar-refractivity contribution < 1.29 is 4.79 Å². The second kappa shape index (κ2) is 6.77. The van der Waals surface area contributed by atoms with E-state index in [0.717, 1.165) is 11.1 Å². The third kappa shape index (κ3) is 3.85. The lowest BCUT2D eigenvalue weighted by molar-refractivity contribution is -0.121. The minimum Gasteiger partial charge on any atom is -0.348 e. The van der Waals surface area contributed by atoms with E-state index in [4.69, 9.17) is 11.6 Å². The molecule has 0 heterocycles. The number of aryl methyl sites for hydroxylation is 2. The highest BCUT2D eigenvalue weighted by Gasteiger charge is 2.19. The van der Waals surface area contributed by atoms with E-state index in [1.165, 1.54) is 11.1 Å². The molecule has 110 valence electrons. The van der Waals surface area contributed by atoms with Gasteiger partial charge in [0.05, 0.1) is 6.04 Å². The predicted molar refractivity (Wildman–Crippen MR) is 87.5 cm³/mol. The summed E-state index contributed by atoms with van der Waals surface area (Å²) in [5, 5.41) is 2.30. The Bertz CT molecular complexity index is 624. The van der Waals surface area contributed by atoms with Gasteiger partial charge in [-0.05, 0) is 43.0 Å². The van der Waals surface area contributed by atoms with Crippen molar-refractivity contribution in [3.05, 3.63) is 70.8 Å². The fourth-order valence-corrected chi connectivity index (χ4v) is 2.39. The Balaban J connectivity index is 2.06. The smallest absolute Gasteiger partial charge is 0.243 e. The Hall–Kier alpha value is -1.80. The average molecular weight is 302 g/mol. The Morgan fingerprint density at radius 3 is 2.29 bits per heavy atom. The van der Waals surface area contributed by atoms with E-state index in [1.807, 2.05) is 43.3 Å². The molecule has 2 aromatic rings. The molecule has 0 saturated heterocycles. The first-order valence-corrected chi connectivity index (χ1v) is 7.49. The zero-order chi connectivity index (χ0) is 15.4. The number of halogens is 1. The molecular weight excluding hydrogens is 282 g/mol. The largest absolute Gasteiger partial charge is 0.348 e. The zero-order valence-electron chi connectivity index (χ0n) is 12.6. The third-order valence-electron chi connectivity index (χ3n) is 3.71. The average Bonchev–Trinajstić information content (AvgIpc) is 2.50. The van der Waals surface area contributed by atoms with Gasteiger partial charge in [0.1, 0.15) is 5.38 Å². The summed E-state index contributed by atoms with van der Waals surface area (Å²) in [5.41, 5.74) is 4.36. The number of rotatable bonds is 4. The van der Waals surface area contributed by atoms with Crippen molar-refractivity contribution in [2.75, 3.05) is 0 Å². The van der Waals surface area contributed by atoms with Crippen LogP contribution in [0.25, 0.3) is 0 Å². The summed E-state index contributed by atoms with van der Waals surface area (Å²) in [5.74, 6) is -0.173. The van der Waals surface area contributed by atoms with Gasteiger partial charge in [-0.15, -0.1) is 11.6 Å². The first-order valence-electron chi connectivity index (χ1n) is 7.05. The van der Waals surface area contributed by atoms with Crippen molar-refractivity contribution >= 4 is 17.5 Å². The molecule has 0 spiro atoms. The van der Waals surface area contributed by atoms with Gasteiger partial charge in [0.25, 0.3) is 0 Å². The molecule has 2 rings (SSSR count). The molecule has 21 heavy (non-hydrogen) atoms. The molecule has 0 aliphatic carbocycles. The maximum absolute atomic E-state index is 12.2. The van der Waals surface area contributed by atoms with Crippen LogP contribution in [0.15, 0.2) is 48.5 Å². The van der Waals surface area contributed by atoms with Gasteiger partial charge in [-0.3, -0.25) is 4.79 Å². The Morgan fingerprint density at radius 1 is 1.00 bits per heavy atom. The van der Waals surface area contributed by atoms with Gasteiger partial charge in [0.2, 0.25) is 5.91 Å². The molecule has 0 aliphatic rings. The molecule has 1 N–H and O–H groups in total. The van der Waals surface area contributed by atoms with E-state index in [9.17, 15) is 4.79 Å². The van der Waals surface area contributed by atoms with Gasteiger partial charge < -0.3 is 5.32 Å². The minimum absolute atomic E-state index is 0.0678. The summed E-state index contributed by atoms with van der Waals surface area (Å²) in [6.45, 7) is 6.12. The van der Waals surface area contributed by atoms with Gasteiger partial charge in [-0.2, -0.15) is 0 Å². The SMILES string of the molecule is Cc1ccc(C(C)NC(=O)C(Cl)c2ccccc2)cc1C. The number of benzene rings is 2. The third-order valence-corrected chi connectivity index (χ3v) is 4.16. The van der Waals surface area contributed by atoms with Crippen LogP contribution in [-0.2, 0) is 4.79 Å². The van der Waals surface area contributed by atoms with Crippen LogP contribution in [0.3, 0.4) is 0 Å². The van der Waals surface area contributed by atoms with Crippen LogP contribution >= 0.6 is 11.6 Å². The molecule has 2 unspecified atom stereocenters. The number of nitrogens with one attached hydrogen (secondary N) is 1. The normalized spacial score (nSPS) is 13.5. The number of hydrogen-bond acceptors (Lipinski definition) is 1. The van der Waals surface area contributed by atoms with Crippen molar-refractivity contribution in [3.8, 4) is 0 Å². The van der Waals surface area contributed by atoms with Crippen molar-refractivity contribution in [2.24, 2.45) is 0 Å². The van der Waals surface area contributed by atoms with Crippen LogP contribution in [0.1, 0.15) is 40.6 Å². The van der Waals surface area contributed by atoms with Crippen molar-refractivity contribution in [2.45, 2.75) is 32.2 Å². The molecule has 3 heteroatoms. The monoisotopic (exact) mass is 301 g/mol. The number of carbonyl (C=O) groups is 1. The van der Waals surface area contributed by atoms with Gasteiger partial charge in [-0.1, -0.05) is 48.5 Å². The molecule has 1 amide bonds. The van der Waals surface area contributed by atoms with Crippen LogP contribution < -0.4 is 5.32 Å². The Morgan fingerprint density at radius 2 is 1.67 bits per heavy atom. The first-order chi connectivity index (χ1) is 9.99. The van der Waals surface area contributed by atoms with E-state index in [-0.39, 0.29) is 11.9 Å². The second-order valence-corrected chi connectivity index (χ2v) is 5.78. The highest BCUT2D eigenvalue weighted by Crippen LogP contribution is 2.22. The topological polar surface area (TPSA) is 29.1 Å². The fourth-order valence-electron chi connectivity index (χ4n) is 2.18. The summed E-state index contributed by atoms with van der Waals surface area (Å²) >= 11 is 6.23. The van der Waals surface area contributed by atoms with E-state index < -0.39 is 5.38 Å². The molecule has 0 radical (unpaired) electrons. The van der Waals surface area contributed by atoms with Gasteiger partial charge in [0.15, 0.2) is 0 Å². The lowest BCUT2D eigenvalue weighted by atomic mass is 10.0. The highest BCUT2D eigenvalue weighted by atomic mass is 35.5. The molecule has 0 aliphatic heterocycles. The zero-order valence-corrected chi connectivity index (χ0v) is 13.3. The number of carbonyl (C=O) groups excluding carboxylic acids is 1. The molecule has 0 bridgehead atoms. The number of alkyl halides is 1. The molecule has 2 nitrogen and oxygen atoms in total. The van der Waals surface area contributed by atoms with E-state index in [0.29, 0.717) is 0 Å². The van der Waals surface area contributed by atoms with E-state index in [1.54, 1.807) is 0 Å². The van der Waals surface area contributed by atoms with Gasteiger partial charge >= 0.3 is 0 Å². The molecule has 0 fully saturated rings. The van der Waals surface area contributed by atoms with Crippen molar-refractivity contribution in [3.63, 3.8) is 0 Å². The molecule has 0 saturated carbocycles. The molecule has 0 aromatic heterocycles. The van der Waals surface area contributed by atoms with E-state index in [2.05, 4.69) is 31.3 Å². The quantitative estimate of drug-likeness (QED) is 0.830. The Kier molecular flexibility index (Phi) is 5.03. The lowest BCUT2D eigenvalue weighted by Crippen LogP contribution is -2.29. The van der Waals surface area contributed by atoms with Crippen molar-refractivity contribution in [1.82, 2.24) is 5.32 Å². The maximum Gasteiger partial charge on any atom is 0.243 e. The summed E-state index contributed by atoms with van der Waals surface area (Å²) in [6, 6.07) is 15.5. The van der Waals surface area contributed by atoms with Crippen molar-refractivity contribution in [1.29, 1.82) is 0 Å². The predicted octanol–water partition coefficient (Wildman–Crippen LogP) is 4.46. The van der Waals surface area contributed by atoms with Crippen LogP contribution in [0.5, 0.6) is 0 Å². The summed E-state index contributed by atoms with van der Waals surface area (Å²) < 4.78 is 0. The minimum atomic E-state index is -0.666. The van der Waals surface area contributed by atoms with Crippen LogP contribution in [0.2, 0.25) is 0 Å². The fraction of sp³-hybridized carbons (Fsp3) is 0.278. The highest BCUT2D eigenvalue weighted by molar-refractivity contribution is 6.30. The Labute approximate surface area is 131 Å². The van der Waals surface area contributed by atoms with Gasteiger partial charge in [-0.25, -0.2) is 0 Å². The first kappa shape index (κ1) is 15.6. The van der Waals surface area contributed by atoms with E-state index >= 15 is 0 Å². The second-order valence-electron chi connectivity index (χ2n) is 5.35. The summed E-state index contributed by atoms with van der Waals surface area (Å²) in [6.07, 6.45) is 0. The number of amides is 1. The standard InChI is InChI=1S/C18H20ClNO/c1-12-9-10-16(11-13(12)2)14(3)20-18(21)17(19)15-7-5-4-6-8-15/h4-11,14,17H,1-3H3,(H,20,21). The summed E-state index contributed by atoms with van der Waals surface area (Å²) in [7, 11) is 0. The number of hydrogen-bond donors (Lipinski definition) is 1. The molecule has 2 atom stereocenters. The van der Waals surface area contributed by atoms with Crippen LogP contribution in [0, 0.1) is 13.8 Å². The summed E-state index contributed by atoms with van der Waals surface area (Å²) in [4.78, 5) is 12.2. The van der Waals surface area contributed by atoms with Crippen LogP contribution in [-0.4, -0.2) is 5.91 Å². The van der Waals surface area contributed by atoms with Gasteiger partial charge in [0, 0.05) is 0 Å². The maximum atomic E-state index is 12.2. The molecule has 2 aromatic carbocycles. The molecular formula is C18H20ClNO.